The van der Waals surface area contributed by atoms with E-state index in [2.05, 4.69) is 4.98 Å². The van der Waals surface area contributed by atoms with E-state index in [4.69, 9.17) is 4.74 Å². The molecule has 0 aliphatic carbocycles. The second-order valence-electron chi connectivity index (χ2n) is 7.40. The molecule has 0 radical (unpaired) electrons. The van der Waals surface area contributed by atoms with Crippen LogP contribution in [0, 0.1) is 0 Å². The van der Waals surface area contributed by atoms with Crippen molar-refractivity contribution in [2.45, 2.75) is 19.1 Å². The zero-order chi connectivity index (χ0) is 21.1. The zero-order valence-electron chi connectivity index (χ0n) is 16.6. The van der Waals surface area contributed by atoms with Gasteiger partial charge in [-0.1, -0.05) is 18.2 Å². The fourth-order valence-corrected chi connectivity index (χ4v) is 5.21. The number of nitrogens with zero attached hydrogens (tertiary/aromatic N) is 3. The SMILES string of the molecule is CN(C(=O)/C=C/c1ccc(OCc2cn3ccccc3n2)cc1)C1CCS(=O)(=O)C1. The molecule has 3 aromatic rings. The third-order valence-electron chi connectivity index (χ3n) is 5.20. The second kappa shape index (κ2) is 8.31. The molecule has 156 valence electrons. The number of ether oxygens (including phenoxy) is 1. The van der Waals surface area contributed by atoms with E-state index < -0.39 is 9.84 Å². The van der Waals surface area contributed by atoms with Crippen LogP contribution in [0.15, 0.2) is 60.9 Å². The molecular weight excluding hydrogens is 402 g/mol. The summed E-state index contributed by atoms with van der Waals surface area (Å²) in [4.78, 5) is 18.3. The Hall–Kier alpha value is -3.13. The van der Waals surface area contributed by atoms with E-state index in [0.717, 1.165) is 16.9 Å². The molecule has 0 N–H and O–H groups in total. The van der Waals surface area contributed by atoms with Gasteiger partial charge in [-0.3, -0.25) is 4.79 Å². The largest absolute Gasteiger partial charge is 0.487 e. The summed E-state index contributed by atoms with van der Waals surface area (Å²) in [5, 5.41) is 0. The molecule has 0 bridgehead atoms. The van der Waals surface area contributed by atoms with Crippen molar-refractivity contribution in [3.05, 3.63) is 72.2 Å². The van der Waals surface area contributed by atoms with Crippen molar-refractivity contribution in [1.29, 1.82) is 0 Å². The molecule has 8 heteroatoms. The smallest absolute Gasteiger partial charge is 0.246 e. The Balaban J connectivity index is 1.32. The molecule has 2 aromatic heterocycles. The number of pyridine rings is 1. The van der Waals surface area contributed by atoms with Crippen LogP contribution in [0.25, 0.3) is 11.7 Å². The maximum absolute atomic E-state index is 12.3. The highest BCUT2D eigenvalue weighted by Gasteiger charge is 2.31. The molecule has 1 atom stereocenters. The van der Waals surface area contributed by atoms with Gasteiger partial charge in [0.05, 0.1) is 17.2 Å². The lowest BCUT2D eigenvalue weighted by Gasteiger charge is -2.21. The fourth-order valence-electron chi connectivity index (χ4n) is 3.44. The minimum atomic E-state index is -3.02. The van der Waals surface area contributed by atoms with Crippen LogP contribution in [0.5, 0.6) is 5.75 Å². The first kappa shape index (κ1) is 20.2. The summed E-state index contributed by atoms with van der Waals surface area (Å²) in [6, 6.07) is 13.0. The number of sulfone groups is 1. The minimum Gasteiger partial charge on any atom is -0.487 e. The summed E-state index contributed by atoms with van der Waals surface area (Å²) in [6.07, 6.45) is 7.56. The molecule has 7 nitrogen and oxygen atoms in total. The van der Waals surface area contributed by atoms with Crippen LogP contribution >= 0.6 is 0 Å². The fraction of sp³-hybridized carbons (Fsp3) is 0.273. The van der Waals surface area contributed by atoms with Crippen LogP contribution in [0.3, 0.4) is 0 Å². The number of imidazole rings is 1. The van der Waals surface area contributed by atoms with Gasteiger partial charge in [0.2, 0.25) is 5.91 Å². The maximum Gasteiger partial charge on any atom is 0.246 e. The zero-order valence-corrected chi connectivity index (χ0v) is 17.5. The number of aromatic nitrogens is 2. The van der Waals surface area contributed by atoms with Crippen molar-refractivity contribution in [3.8, 4) is 5.75 Å². The summed E-state index contributed by atoms with van der Waals surface area (Å²) >= 11 is 0. The minimum absolute atomic E-state index is 0.0431. The van der Waals surface area contributed by atoms with E-state index >= 15 is 0 Å². The van der Waals surface area contributed by atoms with Crippen molar-refractivity contribution in [1.82, 2.24) is 14.3 Å². The molecular formula is C22H23N3O4S. The summed E-state index contributed by atoms with van der Waals surface area (Å²) in [5.41, 5.74) is 2.57. The highest BCUT2D eigenvalue weighted by molar-refractivity contribution is 7.91. The van der Waals surface area contributed by atoms with Gasteiger partial charge >= 0.3 is 0 Å². The first-order valence-electron chi connectivity index (χ1n) is 9.70. The second-order valence-corrected chi connectivity index (χ2v) is 9.62. The predicted octanol–water partition coefficient (Wildman–Crippen LogP) is 2.57. The number of benzene rings is 1. The van der Waals surface area contributed by atoms with E-state index in [1.165, 1.54) is 11.0 Å². The van der Waals surface area contributed by atoms with Gasteiger partial charge in [0.25, 0.3) is 0 Å². The number of carbonyl (C=O) groups is 1. The van der Waals surface area contributed by atoms with Gasteiger partial charge in [-0.15, -0.1) is 0 Å². The van der Waals surface area contributed by atoms with E-state index in [-0.39, 0.29) is 23.5 Å². The summed E-state index contributed by atoms with van der Waals surface area (Å²) in [5.74, 6) is 0.699. The molecule has 1 aliphatic heterocycles. The normalized spacial score (nSPS) is 18.1. The monoisotopic (exact) mass is 425 g/mol. The highest BCUT2D eigenvalue weighted by atomic mass is 32.2. The van der Waals surface area contributed by atoms with E-state index in [1.807, 2.05) is 59.3 Å². The van der Waals surface area contributed by atoms with Crippen LogP contribution in [-0.4, -0.2) is 53.2 Å². The van der Waals surface area contributed by atoms with Crippen molar-refractivity contribution in [2.24, 2.45) is 0 Å². The Morgan fingerprint density at radius 3 is 2.77 bits per heavy atom. The quantitative estimate of drug-likeness (QED) is 0.567. The molecule has 30 heavy (non-hydrogen) atoms. The topological polar surface area (TPSA) is 81.0 Å². The van der Waals surface area contributed by atoms with Gasteiger partial charge in [0.1, 0.15) is 18.0 Å². The average Bonchev–Trinajstić information content (AvgIpc) is 3.33. The van der Waals surface area contributed by atoms with Crippen molar-refractivity contribution in [2.75, 3.05) is 18.6 Å². The van der Waals surface area contributed by atoms with Crippen LogP contribution in [0.1, 0.15) is 17.7 Å². The lowest BCUT2D eigenvalue weighted by Crippen LogP contribution is -2.36. The van der Waals surface area contributed by atoms with Gasteiger partial charge in [0.15, 0.2) is 9.84 Å². The highest BCUT2D eigenvalue weighted by Crippen LogP contribution is 2.18. The van der Waals surface area contributed by atoms with E-state index in [9.17, 15) is 13.2 Å². The lowest BCUT2D eigenvalue weighted by molar-refractivity contribution is -0.126. The van der Waals surface area contributed by atoms with Crippen LogP contribution in [-0.2, 0) is 21.2 Å². The van der Waals surface area contributed by atoms with Crippen LogP contribution in [0.2, 0.25) is 0 Å². The Labute approximate surface area is 175 Å². The number of amides is 1. The standard InChI is InChI=1S/C22H23N3O4S/c1-24(19-11-13-30(27,28)16-19)22(26)10-7-17-5-8-20(9-6-17)29-15-18-14-25-12-3-2-4-21(25)23-18/h2-10,12,14,19H,11,13,15-16H2,1H3/b10-7+. The Morgan fingerprint density at radius 1 is 1.27 bits per heavy atom. The lowest BCUT2D eigenvalue weighted by atomic mass is 10.2. The number of hydrogen-bond acceptors (Lipinski definition) is 5. The molecule has 1 aliphatic rings. The van der Waals surface area contributed by atoms with Gasteiger partial charge in [-0.25, -0.2) is 13.4 Å². The third-order valence-corrected chi connectivity index (χ3v) is 6.95. The summed E-state index contributed by atoms with van der Waals surface area (Å²) in [7, 11) is -1.37. The molecule has 0 spiro atoms. The Morgan fingerprint density at radius 2 is 2.07 bits per heavy atom. The molecule has 1 fully saturated rings. The number of rotatable bonds is 6. The van der Waals surface area contributed by atoms with Crippen LogP contribution < -0.4 is 4.74 Å². The van der Waals surface area contributed by atoms with Gasteiger partial charge < -0.3 is 14.0 Å². The number of likely N-dealkylation sites (N-methyl/N-ethyl adjacent to an activating group) is 1. The number of fused-ring (bicyclic) bond motifs is 1. The molecule has 1 saturated heterocycles. The summed E-state index contributed by atoms with van der Waals surface area (Å²) in [6.45, 7) is 0.366. The van der Waals surface area contributed by atoms with Crippen molar-refractivity contribution >= 4 is 27.5 Å². The number of carbonyl (C=O) groups excluding carboxylic acids is 1. The Bertz CT molecular complexity index is 1150. The molecule has 1 aromatic carbocycles. The molecule has 0 saturated carbocycles. The van der Waals surface area contributed by atoms with Crippen molar-refractivity contribution < 1.29 is 17.9 Å². The van der Waals surface area contributed by atoms with E-state index in [0.29, 0.717) is 18.8 Å². The maximum atomic E-state index is 12.3. The molecule has 1 unspecified atom stereocenters. The predicted molar refractivity (Wildman–Crippen MR) is 115 cm³/mol. The number of hydrogen-bond donors (Lipinski definition) is 0. The van der Waals surface area contributed by atoms with Crippen molar-refractivity contribution in [3.63, 3.8) is 0 Å². The van der Waals surface area contributed by atoms with Gasteiger partial charge in [-0.2, -0.15) is 0 Å². The van der Waals surface area contributed by atoms with Gasteiger partial charge in [0, 0.05) is 31.6 Å². The van der Waals surface area contributed by atoms with Crippen LogP contribution in [0.4, 0.5) is 0 Å². The Kier molecular flexibility index (Phi) is 5.59. The molecule has 1 amide bonds. The first-order chi connectivity index (χ1) is 14.4. The molecule has 3 heterocycles. The average molecular weight is 426 g/mol. The van der Waals surface area contributed by atoms with E-state index in [1.54, 1.807) is 13.1 Å². The third kappa shape index (κ3) is 4.71. The summed E-state index contributed by atoms with van der Waals surface area (Å²) < 4.78 is 30.9. The van der Waals surface area contributed by atoms with Gasteiger partial charge in [-0.05, 0) is 42.3 Å². The molecule has 4 rings (SSSR count). The first-order valence-corrected chi connectivity index (χ1v) is 11.5.